The summed E-state index contributed by atoms with van der Waals surface area (Å²) in [5, 5.41) is 0. The third-order valence-corrected chi connectivity index (χ3v) is 7.23. The number of unbranched alkanes of at least 4 members (excludes halogenated alkanes) is 1. The van der Waals surface area contributed by atoms with Gasteiger partial charge in [0.1, 0.15) is 0 Å². The van der Waals surface area contributed by atoms with E-state index in [4.69, 9.17) is 9.47 Å². The third kappa shape index (κ3) is 4.49. The van der Waals surface area contributed by atoms with Crippen LogP contribution >= 0.6 is 0 Å². The van der Waals surface area contributed by atoms with E-state index >= 15 is 13.2 Å². The average molecular weight is 533 g/mol. The minimum atomic E-state index is -1.27. The van der Waals surface area contributed by atoms with Crippen LogP contribution < -0.4 is 4.74 Å². The van der Waals surface area contributed by atoms with Crippen LogP contribution in [0, 0.1) is 41.8 Å². The maximum atomic E-state index is 15.5. The molecule has 0 N–H and O–H groups in total. The Morgan fingerprint density at radius 3 is 2.18 bits per heavy atom. The molecule has 0 radical (unpaired) electrons. The highest BCUT2D eigenvalue weighted by atomic mass is 19.2. The van der Waals surface area contributed by atoms with Gasteiger partial charge in [-0.25, -0.2) is 22.0 Å². The number of halogens is 6. The number of hydrogen-bond donors (Lipinski definition) is 0. The molecule has 5 rings (SSSR count). The zero-order valence-electron chi connectivity index (χ0n) is 21.0. The molecule has 0 saturated carbocycles. The lowest BCUT2D eigenvalue weighted by atomic mass is 9.82. The van der Waals surface area contributed by atoms with Crippen molar-refractivity contribution in [1.82, 2.24) is 0 Å². The zero-order valence-corrected chi connectivity index (χ0v) is 21.0. The van der Waals surface area contributed by atoms with Gasteiger partial charge in [0.15, 0.2) is 34.8 Å². The summed E-state index contributed by atoms with van der Waals surface area (Å²) < 4.78 is 100. The second-order valence-corrected chi connectivity index (χ2v) is 9.69. The minimum Gasteiger partial charge on any atom is -0.490 e. The number of ether oxygens (including phenoxy) is 2. The molecule has 2 nitrogen and oxygen atoms in total. The second kappa shape index (κ2) is 10.5. The Balaban J connectivity index is 1.48. The highest BCUT2D eigenvalue weighted by molar-refractivity contribution is 5.79. The molecule has 1 unspecified atom stereocenters. The molecule has 8 heteroatoms. The first-order valence-corrected chi connectivity index (χ1v) is 12.6. The van der Waals surface area contributed by atoms with Gasteiger partial charge in [0.25, 0.3) is 0 Å². The van der Waals surface area contributed by atoms with E-state index in [0.717, 1.165) is 6.42 Å². The summed E-state index contributed by atoms with van der Waals surface area (Å²) >= 11 is 0. The molecule has 38 heavy (non-hydrogen) atoms. The van der Waals surface area contributed by atoms with Gasteiger partial charge in [-0.3, -0.25) is 0 Å². The number of hydrogen-bond acceptors (Lipinski definition) is 2. The smallest absolute Gasteiger partial charge is 0.201 e. The molecular formula is C30H26F6O2. The fourth-order valence-electron chi connectivity index (χ4n) is 5.08. The quantitative estimate of drug-likeness (QED) is 0.235. The monoisotopic (exact) mass is 532 g/mol. The lowest BCUT2D eigenvalue weighted by Gasteiger charge is -2.27. The maximum Gasteiger partial charge on any atom is 0.201 e. The molecule has 0 saturated heterocycles. The fourth-order valence-corrected chi connectivity index (χ4v) is 5.08. The molecule has 2 aliphatic rings. The van der Waals surface area contributed by atoms with Gasteiger partial charge >= 0.3 is 0 Å². The van der Waals surface area contributed by atoms with E-state index in [-0.39, 0.29) is 59.6 Å². The Hall–Kier alpha value is -3.26. The van der Waals surface area contributed by atoms with Gasteiger partial charge in [-0.1, -0.05) is 31.6 Å². The molecule has 1 atom stereocenters. The molecule has 3 aromatic rings. The van der Waals surface area contributed by atoms with Crippen LogP contribution in [0.15, 0.2) is 30.3 Å². The lowest BCUT2D eigenvalue weighted by Crippen LogP contribution is -2.16. The van der Waals surface area contributed by atoms with Crippen LogP contribution in [0.25, 0.3) is 16.7 Å². The van der Waals surface area contributed by atoms with Gasteiger partial charge in [-0.15, -0.1) is 0 Å². The average Bonchev–Trinajstić information content (AvgIpc) is 2.92. The van der Waals surface area contributed by atoms with Crippen molar-refractivity contribution in [2.75, 3.05) is 13.2 Å². The largest absolute Gasteiger partial charge is 0.490 e. The van der Waals surface area contributed by atoms with Gasteiger partial charge in [-0.2, -0.15) is 4.39 Å². The van der Waals surface area contributed by atoms with Crippen LogP contribution in [0.3, 0.4) is 0 Å². The van der Waals surface area contributed by atoms with E-state index < -0.39 is 41.0 Å². The van der Waals surface area contributed by atoms with E-state index in [9.17, 15) is 13.2 Å². The standard InChI is InChI=1S/C30H26F6O2/c1-3-4-11-37-22-13-17-7-6-16-12-20(27(33)29(35)23(16)24(17)30(36)28(22)34)18-8-10-21(38-14-18)19-9-5-15(2)25(31)26(19)32/h5,8-9,12-13,21H,3-4,6-7,10-11,14H2,1-2H3. The Morgan fingerprint density at radius 2 is 1.53 bits per heavy atom. The highest BCUT2D eigenvalue weighted by Crippen LogP contribution is 2.44. The minimum absolute atomic E-state index is 0.0487. The van der Waals surface area contributed by atoms with E-state index in [1.807, 2.05) is 6.92 Å². The molecule has 1 aliphatic carbocycles. The molecule has 1 heterocycles. The Kier molecular flexibility index (Phi) is 7.27. The molecule has 0 fully saturated rings. The van der Waals surface area contributed by atoms with Gasteiger partial charge in [-0.05, 0) is 67.0 Å². The zero-order chi connectivity index (χ0) is 27.1. The normalized spacial score (nSPS) is 16.6. The van der Waals surface area contributed by atoms with Crippen molar-refractivity contribution >= 4 is 5.57 Å². The van der Waals surface area contributed by atoms with Gasteiger partial charge in [0.2, 0.25) is 5.82 Å². The van der Waals surface area contributed by atoms with Crippen molar-refractivity contribution in [3.8, 4) is 16.9 Å². The van der Waals surface area contributed by atoms with E-state index in [1.165, 1.54) is 31.2 Å². The first-order valence-electron chi connectivity index (χ1n) is 12.6. The molecule has 200 valence electrons. The topological polar surface area (TPSA) is 18.5 Å². The summed E-state index contributed by atoms with van der Waals surface area (Å²) in [6.07, 6.45) is 3.01. The van der Waals surface area contributed by atoms with Gasteiger partial charge in [0, 0.05) is 22.3 Å². The van der Waals surface area contributed by atoms with Crippen LogP contribution in [0.1, 0.15) is 60.1 Å². The lowest BCUT2D eigenvalue weighted by molar-refractivity contribution is 0.0694. The van der Waals surface area contributed by atoms with Crippen molar-refractivity contribution in [2.24, 2.45) is 0 Å². The predicted octanol–water partition coefficient (Wildman–Crippen LogP) is 8.32. The van der Waals surface area contributed by atoms with Crippen LogP contribution in [0.5, 0.6) is 5.75 Å². The molecule has 0 amide bonds. The van der Waals surface area contributed by atoms with E-state index in [1.54, 1.807) is 6.08 Å². The van der Waals surface area contributed by atoms with Crippen LogP contribution in [-0.4, -0.2) is 13.2 Å². The maximum absolute atomic E-state index is 15.5. The third-order valence-electron chi connectivity index (χ3n) is 7.23. The molecule has 0 aromatic heterocycles. The number of benzene rings is 3. The van der Waals surface area contributed by atoms with Crippen molar-refractivity contribution in [3.63, 3.8) is 0 Å². The first-order chi connectivity index (χ1) is 18.2. The summed E-state index contributed by atoms with van der Waals surface area (Å²) in [6.45, 7) is 3.45. The molecule has 0 bridgehead atoms. The number of fused-ring (bicyclic) bond motifs is 3. The van der Waals surface area contributed by atoms with Crippen molar-refractivity contribution < 1.29 is 35.8 Å². The Morgan fingerprint density at radius 1 is 0.842 bits per heavy atom. The van der Waals surface area contributed by atoms with Crippen molar-refractivity contribution in [3.05, 3.63) is 93.1 Å². The summed E-state index contributed by atoms with van der Waals surface area (Å²) in [5.74, 6) is -7.16. The van der Waals surface area contributed by atoms with Crippen molar-refractivity contribution in [1.29, 1.82) is 0 Å². The predicted molar refractivity (Wildman–Crippen MR) is 132 cm³/mol. The second-order valence-electron chi connectivity index (χ2n) is 9.69. The Labute approximate surface area is 216 Å². The first kappa shape index (κ1) is 26.4. The molecule has 0 spiro atoms. The van der Waals surface area contributed by atoms with E-state index in [0.29, 0.717) is 29.5 Å². The number of aryl methyl sites for hydroxylation is 3. The summed E-state index contributed by atoms with van der Waals surface area (Å²) in [6, 6.07) is 5.69. The highest BCUT2D eigenvalue weighted by Gasteiger charge is 2.32. The van der Waals surface area contributed by atoms with Crippen LogP contribution in [-0.2, 0) is 17.6 Å². The summed E-state index contributed by atoms with van der Waals surface area (Å²) in [4.78, 5) is 0. The molecule has 3 aromatic carbocycles. The summed E-state index contributed by atoms with van der Waals surface area (Å²) in [7, 11) is 0. The van der Waals surface area contributed by atoms with Crippen LogP contribution in [0.4, 0.5) is 26.3 Å². The molecule has 1 aliphatic heterocycles. The summed E-state index contributed by atoms with van der Waals surface area (Å²) in [5.41, 5.74) is 0.612. The Bertz CT molecular complexity index is 1450. The molecular weight excluding hydrogens is 506 g/mol. The SMILES string of the molecule is CCCCOc1cc2c(c(F)c1F)-c1c(cc(C3=CCC(c4ccc(C)c(F)c4F)OC3)c(F)c1F)CC2. The van der Waals surface area contributed by atoms with Gasteiger partial charge < -0.3 is 9.47 Å². The van der Waals surface area contributed by atoms with Crippen molar-refractivity contribution in [2.45, 2.75) is 52.1 Å². The van der Waals surface area contributed by atoms with E-state index in [2.05, 4.69) is 0 Å². The number of rotatable bonds is 6. The van der Waals surface area contributed by atoms with Crippen LogP contribution in [0.2, 0.25) is 0 Å². The fraction of sp³-hybridized carbons (Fsp3) is 0.333. The van der Waals surface area contributed by atoms with Gasteiger partial charge in [0.05, 0.1) is 19.3 Å².